The summed E-state index contributed by atoms with van der Waals surface area (Å²) in [5.74, 6) is -0.443. The van der Waals surface area contributed by atoms with Crippen LogP contribution in [0.25, 0.3) is 0 Å². The molecule has 2 aromatic rings. The maximum Gasteiger partial charge on any atom is 0.256 e. The SMILES string of the molecule is CCCN1CCC(CN2C(=S)N(c3ccc(C)cc3)C(=O)[C@@H]2CC(=O)Nc2ccc(F)cc2)CC1. The Balaban J connectivity index is 1.51. The lowest BCUT2D eigenvalue weighted by molar-refractivity contribution is -0.124. The van der Waals surface area contributed by atoms with Gasteiger partial charge >= 0.3 is 0 Å². The van der Waals surface area contributed by atoms with Crippen LogP contribution in [-0.4, -0.2) is 58.9 Å². The van der Waals surface area contributed by atoms with Crippen LogP contribution in [0.3, 0.4) is 0 Å². The second-order valence-electron chi connectivity index (χ2n) is 9.50. The van der Waals surface area contributed by atoms with Gasteiger partial charge in [0.2, 0.25) is 5.91 Å². The molecule has 2 aliphatic rings. The standard InChI is InChI=1S/C27H33FN4O2S/c1-3-14-30-15-12-20(13-16-30)18-31-24(17-25(33)29-22-8-6-21(28)7-9-22)26(34)32(27(31)35)23-10-4-19(2)5-11-23/h4-11,20,24H,3,12-18H2,1-2H3,(H,29,33)/t24-/m0/s1. The molecule has 0 aliphatic carbocycles. The molecule has 0 aromatic heterocycles. The number of nitrogens with one attached hydrogen (secondary N) is 1. The smallest absolute Gasteiger partial charge is 0.256 e. The van der Waals surface area contributed by atoms with Gasteiger partial charge in [0.15, 0.2) is 5.11 Å². The number of anilines is 2. The maximum absolute atomic E-state index is 13.6. The van der Waals surface area contributed by atoms with Crippen molar-refractivity contribution in [3.63, 3.8) is 0 Å². The number of hydrogen-bond donors (Lipinski definition) is 1. The monoisotopic (exact) mass is 496 g/mol. The van der Waals surface area contributed by atoms with Crippen molar-refractivity contribution in [2.24, 2.45) is 5.92 Å². The molecular formula is C27H33FN4O2S. The minimum Gasteiger partial charge on any atom is -0.336 e. The van der Waals surface area contributed by atoms with Crippen molar-refractivity contribution in [1.29, 1.82) is 0 Å². The Morgan fingerprint density at radius 3 is 2.37 bits per heavy atom. The molecule has 0 spiro atoms. The highest BCUT2D eigenvalue weighted by Gasteiger charge is 2.45. The highest BCUT2D eigenvalue weighted by molar-refractivity contribution is 7.80. The number of halogens is 1. The maximum atomic E-state index is 13.6. The predicted molar refractivity (Wildman–Crippen MR) is 141 cm³/mol. The normalized spacial score (nSPS) is 19.5. The molecule has 0 saturated carbocycles. The van der Waals surface area contributed by atoms with E-state index in [9.17, 15) is 14.0 Å². The highest BCUT2D eigenvalue weighted by Crippen LogP contribution is 2.30. The van der Waals surface area contributed by atoms with E-state index in [-0.39, 0.29) is 24.1 Å². The first-order chi connectivity index (χ1) is 16.9. The van der Waals surface area contributed by atoms with Gasteiger partial charge in [-0.25, -0.2) is 4.39 Å². The molecular weight excluding hydrogens is 463 g/mol. The molecule has 2 heterocycles. The second kappa shape index (κ2) is 11.3. The van der Waals surface area contributed by atoms with E-state index in [1.807, 2.05) is 36.1 Å². The zero-order valence-electron chi connectivity index (χ0n) is 20.4. The number of amides is 2. The van der Waals surface area contributed by atoms with Crippen LogP contribution in [0.4, 0.5) is 15.8 Å². The Morgan fingerprint density at radius 1 is 1.09 bits per heavy atom. The van der Waals surface area contributed by atoms with Crippen LogP contribution in [0.1, 0.15) is 38.2 Å². The Bertz CT molecular complexity index is 1050. The van der Waals surface area contributed by atoms with Crippen LogP contribution in [-0.2, 0) is 9.59 Å². The van der Waals surface area contributed by atoms with Crippen LogP contribution in [0.5, 0.6) is 0 Å². The third-order valence-electron chi connectivity index (χ3n) is 6.82. The van der Waals surface area contributed by atoms with Gasteiger partial charge in [-0.1, -0.05) is 24.6 Å². The van der Waals surface area contributed by atoms with Crippen molar-refractivity contribution in [1.82, 2.24) is 9.80 Å². The summed E-state index contributed by atoms with van der Waals surface area (Å²) < 4.78 is 13.2. The summed E-state index contributed by atoms with van der Waals surface area (Å²) >= 11 is 5.81. The lowest BCUT2D eigenvalue weighted by atomic mass is 9.95. The van der Waals surface area contributed by atoms with Crippen LogP contribution in [0, 0.1) is 18.7 Å². The molecule has 2 saturated heterocycles. The Kier molecular flexibility index (Phi) is 8.13. The van der Waals surface area contributed by atoms with E-state index in [4.69, 9.17) is 12.2 Å². The summed E-state index contributed by atoms with van der Waals surface area (Å²) in [4.78, 5) is 32.5. The van der Waals surface area contributed by atoms with E-state index >= 15 is 0 Å². The van der Waals surface area contributed by atoms with Gasteiger partial charge in [-0.05, 0) is 100 Å². The van der Waals surface area contributed by atoms with E-state index in [1.54, 1.807) is 4.90 Å². The summed E-state index contributed by atoms with van der Waals surface area (Å²) in [5, 5.41) is 3.24. The van der Waals surface area contributed by atoms with Gasteiger partial charge in [0, 0.05) is 12.2 Å². The van der Waals surface area contributed by atoms with Gasteiger partial charge < -0.3 is 15.1 Å². The number of benzene rings is 2. The molecule has 6 nitrogen and oxygen atoms in total. The molecule has 2 fully saturated rings. The zero-order chi connectivity index (χ0) is 24.9. The fourth-order valence-corrected chi connectivity index (χ4v) is 5.28. The average Bonchev–Trinajstić information content (AvgIpc) is 3.06. The second-order valence-corrected chi connectivity index (χ2v) is 9.87. The van der Waals surface area contributed by atoms with E-state index < -0.39 is 6.04 Å². The molecule has 1 N–H and O–H groups in total. The Morgan fingerprint density at radius 2 is 1.74 bits per heavy atom. The fraction of sp³-hybridized carbons (Fsp3) is 0.444. The number of likely N-dealkylation sites (tertiary alicyclic amines) is 1. The van der Waals surface area contributed by atoms with Crippen molar-refractivity contribution in [3.8, 4) is 0 Å². The van der Waals surface area contributed by atoms with Crippen LogP contribution < -0.4 is 10.2 Å². The topological polar surface area (TPSA) is 55.9 Å². The molecule has 1 atom stereocenters. The summed E-state index contributed by atoms with van der Waals surface area (Å²) in [6, 6.07) is 12.6. The fourth-order valence-electron chi connectivity index (χ4n) is 4.88. The van der Waals surface area contributed by atoms with Gasteiger partial charge in [-0.3, -0.25) is 14.5 Å². The van der Waals surface area contributed by atoms with E-state index in [0.29, 0.717) is 23.3 Å². The molecule has 0 bridgehead atoms. The third-order valence-corrected chi connectivity index (χ3v) is 7.24. The molecule has 35 heavy (non-hydrogen) atoms. The molecule has 186 valence electrons. The zero-order valence-corrected chi connectivity index (χ0v) is 21.2. The summed E-state index contributed by atoms with van der Waals surface area (Å²) in [7, 11) is 0. The van der Waals surface area contributed by atoms with E-state index in [1.165, 1.54) is 24.3 Å². The number of rotatable bonds is 8. The number of carbonyl (C=O) groups excluding carboxylic acids is 2. The number of thiocarbonyl (C=S) groups is 1. The van der Waals surface area contributed by atoms with Crippen molar-refractivity contribution >= 4 is 40.5 Å². The number of nitrogens with zero attached hydrogens (tertiary/aromatic N) is 3. The first-order valence-electron chi connectivity index (χ1n) is 12.3. The third kappa shape index (κ3) is 6.05. The van der Waals surface area contributed by atoms with Crippen LogP contribution in [0.2, 0.25) is 0 Å². The Labute approximate surface area is 212 Å². The van der Waals surface area contributed by atoms with Crippen molar-refractivity contribution in [3.05, 3.63) is 59.9 Å². The van der Waals surface area contributed by atoms with Gasteiger partial charge in [0.05, 0.1) is 12.1 Å². The van der Waals surface area contributed by atoms with Gasteiger partial charge in [0.25, 0.3) is 5.91 Å². The molecule has 0 radical (unpaired) electrons. The van der Waals surface area contributed by atoms with Gasteiger partial charge in [-0.2, -0.15) is 0 Å². The van der Waals surface area contributed by atoms with E-state index in [2.05, 4.69) is 17.1 Å². The number of hydrogen-bond acceptors (Lipinski definition) is 4. The van der Waals surface area contributed by atoms with Crippen molar-refractivity contribution < 1.29 is 14.0 Å². The Hall–Kier alpha value is -2.84. The van der Waals surface area contributed by atoms with Crippen LogP contribution in [0.15, 0.2) is 48.5 Å². The van der Waals surface area contributed by atoms with Gasteiger partial charge in [-0.15, -0.1) is 0 Å². The minimum absolute atomic E-state index is 0.0204. The molecule has 2 aromatic carbocycles. The average molecular weight is 497 g/mol. The first kappa shape index (κ1) is 25.3. The molecule has 2 amide bonds. The molecule has 8 heteroatoms. The molecule has 2 aliphatic heterocycles. The highest BCUT2D eigenvalue weighted by atomic mass is 32.1. The van der Waals surface area contributed by atoms with Crippen molar-refractivity contribution in [2.45, 2.75) is 45.6 Å². The quantitative estimate of drug-likeness (QED) is 0.542. The molecule has 4 rings (SSSR count). The number of piperidine rings is 1. The first-order valence-corrected chi connectivity index (χ1v) is 12.8. The summed E-state index contributed by atoms with van der Waals surface area (Å²) in [6.07, 6.45) is 3.22. The van der Waals surface area contributed by atoms with E-state index in [0.717, 1.165) is 50.1 Å². The largest absolute Gasteiger partial charge is 0.336 e. The van der Waals surface area contributed by atoms with Crippen LogP contribution >= 0.6 is 12.2 Å². The number of aryl methyl sites for hydroxylation is 1. The lowest BCUT2D eigenvalue weighted by Gasteiger charge is -2.35. The number of carbonyl (C=O) groups is 2. The summed E-state index contributed by atoms with van der Waals surface area (Å²) in [5.41, 5.74) is 2.31. The summed E-state index contributed by atoms with van der Waals surface area (Å²) in [6.45, 7) is 8.05. The van der Waals surface area contributed by atoms with Gasteiger partial charge in [0.1, 0.15) is 11.9 Å². The molecule has 0 unspecified atom stereocenters. The lowest BCUT2D eigenvalue weighted by Crippen LogP contribution is -2.44. The van der Waals surface area contributed by atoms with Crippen molar-refractivity contribution in [2.75, 3.05) is 36.4 Å². The predicted octanol–water partition coefficient (Wildman–Crippen LogP) is 4.59. The minimum atomic E-state index is -0.669.